The zero-order valence-corrected chi connectivity index (χ0v) is 14.2. The van der Waals surface area contributed by atoms with Gasteiger partial charge in [0.15, 0.2) is 17.6 Å². The van der Waals surface area contributed by atoms with Crippen molar-refractivity contribution in [2.45, 2.75) is 19.5 Å². The molecule has 0 saturated heterocycles. The van der Waals surface area contributed by atoms with Crippen molar-refractivity contribution in [3.63, 3.8) is 0 Å². The van der Waals surface area contributed by atoms with Gasteiger partial charge >= 0.3 is 0 Å². The lowest BCUT2D eigenvalue weighted by atomic mass is 10.1. The van der Waals surface area contributed by atoms with Crippen LogP contribution in [0.15, 0.2) is 61.4 Å². The molecule has 1 aromatic heterocycles. The largest absolute Gasteiger partial charge is 0.346 e. The predicted molar refractivity (Wildman–Crippen MR) is 96.5 cm³/mol. The fourth-order valence-corrected chi connectivity index (χ4v) is 2.87. The van der Waals surface area contributed by atoms with Crippen LogP contribution in [-0.4, -0.2) is 10.5 Å². The SMILES string of the molecule is C=Cn1c[n+](CC(=O)N[C@@H](C)c2ccc(Cl)cc2)c2ccccc21. The first kappa shape index (κ1) is 16.3. The Balaban J connectivity index is 1.75. The molecule has 122 valence electrons. The van der Waals surface area contributed by atoms with E-state index in [1.54, 1.807) is 6.20 Å². The van der Waals surface area contributed by atoms with Crippen molar-refractivity contribution in [2.24, 2.45) is 0 Å². The number of imidazole rings is 1. The highest BCUT2D eigenvalue weighted by Crippen LogP contribution is 2.16. The van der Waals surface area contributed by atoms with Gasteiger partial charge in [-0.25, -0.2) is 9.13 Å². The maximum absolute atomic E-state index is 12.4. The predicted octanol–water partition coefficient (Wildman–Crippen LogP) is 3.56. The standard InChI is InChI=1S/C19H18ClN3O/c1-3-22-13-23(18-7-5-4-6-17(18)22)12-19(24)21-14(2)15-8-10-16(20)11-9-15/h3-11,13-14H,1,12H2,2H3/p+1/t14-/m0/s1. The van der Waals surface area contributed by atoms with Crippen molar-refractivity contribution < 1.29 is 9.36 Å². The number of rotatable bonds is 5. The Kier molecular flexibility index (Phi) is 4.67. The molecule has 24 heavy (non-hydrogen) atoms. The van der Waals surface area contributed by atoms with Gasteiger partial charge < -0.3 is 5.32 Å². The monoisotopic (exact) mass is 340 g/mol. The fourth-order valence-electron chi connectivity index (χ4n) is 2.75. The van der Waals surface area contributed by atoms with Gasteiger partial charge in [-0.2, -0.15) is 0 Å². The molecule has 1 atom stereocenters. The van der Waals surface area contributed by atoms with Crippen molar-refractivity contribution in [2.75, 3.05) is 0 Å². The maximum atomic E-state index is 12.4. The maximum Gasteiger partial charge on any atom is 0.262 e. The molecule has 1 amide bonds. The van der Waals surface area contributed by atoms with Crippen LogP contribution in [0.2, 0.25) is 5.02 Å². The van der Waals surface area contributed by atoms with Crippen LogP contribution in [-0.2, 0) is 11.3 Å². The van der Waals surface area contributed by atoms with Gasteiger partial charge in [0.1, 0.15) is 0 Å². The van der Waals surface area contributed by atoms with Gasteiger partial charge in [-0.15, -0.1) is 0 Å². The Bertz CT molecular complexity index is 883. The smallest absolute Gasteiger partial charge is 0.262 e. The number of nitrogens with zero attached hydrogens (tertiary/aromatic N) is 2. The van der Waals surface area contributed by atoms with E-state index in [-0.39, 0.29) is 18.5 Å². The molecule has 0 radical (unpaired) electrons. The molecular formula is C19H19ClN3O+. The van der Waals surface area contributed by atoms with Crippen molar-refractivity contribution in [3.05, 3.63) is 72.0 Å². The number of amides is 1. The number of nitrogens with one attached hydrogen (secondary N) is 1. The highest BCUT2D eigenvalue weighted by molar-refractivity contribution is 6.30. The Hall–Kier alpha value is -2.59. The summed E-state index contributed by atoms with van der Waals surface area (Å²) in [7, 11) is 0. The lowest BCUT2D eigenvalue weighted by Crippen LogP contribution is -2.42. The number of hydrogen-bond acceptors (Lipinski definition) is 1. The second kappa shape index (κ2) is 6.89. The van der Waals surface area contributed by atoms with Crippen molar-refractivity contribution in [1.82, 2.24) is 9.88 Å². The third-order valence-corrected chi connectivity index (χ3v) is 4.24. The van der Waals surface area contributed by atoms with Gasteiger partial charge in [-0.05, 0) is 36.8 Å². The van der Waals surface area contributed by atoms with Crippen LogP contribution in [0.5, 0.6) is 0 Å². The topological polar surface area (TPSA) is 37.9 Å². The van der Waals surface area contributed by atoms with E-state index in [4.69, 9.17) is 11.6 Å². The summed E-state index contributed by atoms with van der Waals surface area (Å²) < 4.78 is 3.83. The molecule has 0 aliphatic carbocycles. The first-order valence-corrected chi connectivity index (χ1v) is 8.12. The third-order valence-electron chi connectivity index (χ3n) is 3.99. The van der Waals surface area contributed by atoms with E-state index in [0.29, 0.717) is 5.02 Å². The minimum Gasteiger partial charge on any atom is -0.346 e. The normalized spacial score (nSPS) is 12.1. The number of fused-ring (bicyclic) bond motifs is 1. The molecule has 0 saturated carbocycles. The minimum atomic E-state index is -0.0804. The average molecular weight is 341 g/mol. The van der Waals surface area contributed by atoms with Crippen LogP contribution in [0, 0.1) is 0 Å². The van der Waals surface area contributed by atoms with E-state index in [1.165, 1.54) is 0 Å². The molecular weight excluding hydrogens is 322 g/mol. The molecule has 1 N–H and O–H groups in total. The molecule has 3 aromatic rings. The van der Waals surface area contributed by atoms with E-state index in [9.17, 15) is 4.79 Å². The molecule has 4 nitrogen and oxygen atoms in total. The second-order valence-corrected chi connectivity index (χ2v) is 6.10. The van der Waals surface area contributed by atoms with Gasteiger partial charge in [0.2, 0.25) is 6.33 Å². The van der Waals surface area contributed by atoms with E-state index < -0.39 is 0 Å². The van der Waals surface area contributed by atoms with Crippen molar-refractivity contribution in [3.8, 4) is 0 Å². The summed E-state index contributed by atoms with van der Waals surface area (Å²) in [4.78, 5) is 12.4. The van der Waals surface area contributed by atoms with Crippen LogP contribution in [0.3, 0.4) is 0 Å². The summed E-state index contributed by atoms with van der Waals surface area (Å²) >= 11 is 5.90. The van der Waals surface area contributed by atoms with E-state index in [0.717, 1.165) is 16.6 Å². The second-order valence-electron chi connectivity index (χ2n) is 5.66. The number of halogens is 1. The van der Waals surface area contributed by atoms with Crippen molar-refractivity contribution in [1.29, 1.82) is 0 Å². The summed E-state index contributed by atoms with van der Waals surface area (Å²) in [5.74, 6) is -0.0468. The average Bonchev–Trinajstić information content (AvgIpc) is 2.93. The van der Waals surface area contributed by atoms with Crippen LogP contribution in [0.1, 0.15) is 18.5 Å². The molecule has 0 aliphatic rings. The summed E-state index contributed by atoms with van der Waals surface area (Å²) in [5.41, 5.74) is 3.03. The van der Waals surface area contributed by atoms with Crippen LogP contribution in [0.25, 0.3) is 17.2 Å². The summed E-state index contributed by atoms with van der Waals surface area (Å²) in [6.07, 6.45) is 3.61. The molecule has 0 aliphatic heterocycles. The van der Waals surface area contributed by atoms with E-state index in [1.807, 2.05) is 70.9 Å². The van der Waals surface area contributed by atoms with E-state index >= 15 is 0 Å². The lowest BCUT2D eigenvalue weighted by Gasteiger charge is -2.13. The number of para-hydroxylation sites is 2. The Morgan fingerprint density at radius 3 is 2.71 bits per heavy atom. The number of aromatic nitrogens is 2. The molecule has 2 aromatic carbocycles. The summed E-state index contributed by atoms with van der Waals surface area (Å²) in [5, 5.41) is 3.70. The molecule has 0 bridgehead atoms. The first-order chi connectivity index (χ1) is 11.6. The Labute approximate surface area is 146 Å². The van der Waals surface area contributed by atoms with Gasteiger partial charge in [0.05, 0.1) is 12.2 Å². The Morgan fingerprint density at radius 1 is 1.29 bits per heavy atom. The van der Waals surface area contributed by atoms with E-state index in [2.05, 4.69) is 11.9 Å². The van der Waals surface area contributed by atoms with Gasteiger partial charge in [-0.1, -0.05) is 42.4 Å². The zero-order chi connectivity index (χ0) is 17.1. The van der Waals surface area contributed by atoms with Gasteiger partial charge in [0, 0.05) is 5.02 Å². The van der Waals surface area contributed by atoms with Crippen LogP contribution in [0.4, 0.5) is 0 Å². The highest BCUT2D eigenvalue weighted by atomic mass is 35.5. The number of carbonyl (C=O) groups excluding carboxylic acids is 1. The van der Waals surface area contributed by atoms with Crippen LogP contribution < -0.4 is 9.88 Å². The van der Waals surface area contributed by atoms with Gasteiger partial charge in [-0.3, -0.25) is 4.79 Å². The fraction of sp³-hybridized carbons (Fsp3) is 0.158. The molecule has 1 heterocycles. The number of hydrogen-bond donors (Lipinski definition) is 1. The number of benzene rings is 2. The van der Waals surface area contributed by atoms with Crippen LogP contribution >= 0.6 is 11.6 Å². The van der Waals surface area contributed by atoms with Crippen molar-refractivity contribution >= 4 is 34.7 Å². The third kappa shape index (κ3) is 3.34. The molecule has 3 rings (SSSR count). The zero-order valence-electron chi connectivity index (χ0n) is 13.4. The van der Waals surface area contributed by atoms with Gasteiger partial charge in [0.25, 0.3) is 5.91 Å². The molecule has 0 spiro atoms. The lowest BCUT2D eigenvalue weighted by molar-refractivity contribution is -0.659. The quantitative estimate of drug-likeness (QED) is 0.708. The molecule has 0 unspecified atom stereocenters. The number of carbonyl (C=O) groups is 1. The molecule has 5 heteroatoms. The first-order valence-electron chi connectivity index (χ1n) is 7.75. The summed E-state index contributed by atoms with van der Waals surface area (Å²) in [6, 6.07) is 15.3. The summed E-state index contributed by atoms with van der Waals surface area (Å²) in [6.45, 7) is 6.01. The highest BCUT2D eigenvalue weighted by Gasteiger charge is 2.17. The molecule has 0 fully saturated rings. The Morgan fingerprint density at radius 2 is 2.00 bits per heavy atom. The minimum absolute atomic E-state index is 0.0468.